The van der Waals surface area contributed by atoms with Gasteiger partial charge in [-0.15, -0.1) is 0 Å². The van der Waals surface area contributed by atoms with Gasteiger partial charge in [-0.25, -0.2) is 9.50 Å². The van der Waals surface area contributed by atoms with Crippen LogP contribution in [-0.2, 0) is 14.3 Å². The quantitative estimate of drug-likeness (QED) is 0.234. The van der Waals surface area contributed by atoms with Crippen molar-refractivity contribution in [2.75, 3.05) is 51.3 Å². The smallest absolute Gasteiger partial charge is 0.387 e. The van der Waals surface area contributed by atoms with Crippen LogP contribution in [0.3, 0.4) is 0 Å². The fraction of sp³-hybridized carbons (Fsp3) is 0.438. The molecule has 1 unspecified atom stereocenters. The van der Waals surface area contributed by atoms with E-state index in [0.717, 1.165) is 0 Å². The lowest BCUT2D eigenvalue weighted by molar-refractivity contribution is -0.153. The summed E-state index contributed by atoms with van der Waals surface area (Å²) >= 11 is 6.31. The van der Waals surface area contributed by atoms with E-state index in [-0.39, 0.29) is 70.8 Å². The van der Waals surface area contributed by atoms with Crippen molar-refractivity contribution in [1.29, 1.82) is 0 Å². The van der Waals surface area contributed by atoms with Crippen molar-refractivity contribution in [2.45, 2.75) is 38.8 Å². The molecule has 0 aliphatic carbocycles. The van der Waals surface area contributed by atoms with Gasteiger partial charge < -0.3 is 24.8 Å². The Hall–Kier alpha value is -4.67. The second-order valence-electron chi connectivity index (χ2n) is 12.2. The number of carbonyl (C=O) groups is 3. The molecule has 17 heteroatoms. The Morgan fingerprint density at radius 2 is 1.92 bits per heavy atom. The molecule has 2 fully saturated rings. The minimum atomic E-state index is -3.16. The monoisotopic (exact) mass is 700 g/mol. The van der Waals surface area contributed by atoms with Crippen LogP contribution in [0.5, 0.6) is 5.75 Å². The molecule has 2 aliphatic rings. The number of nitrogens with zero attached hydrogens (tertiary/aromatic N) is 7. The van der Waals surface area contributed by atoms with Crippen molar-refractivity contribution in [1.82, 2.24) is 34.2 Å². The summed E-state index contributed by atoms with van der Waals surface area (Å²) < 4.78 is 40.2. The van der Waals surface area contributed by atoms with E-state index in [1.54, 1.807) is 24.1 Å². The first-order valence-electron chi connectivity index (χ1n) is 15.8. The average molecular weight is 701 g/mol. The number of piperidine rings is 1. The molecule has 2 N–H and O–H groups in total. The number of likely N-dealkylation sites (tertiary alicyclic amines) is 1. The first-order chi connectivity index (χ1) is 23.5. The fourth-order valence-electron chi connectivity index (χ4n) is 6.05. The number of hydrogen-bond donors (Lipinski definition) is 2. The van der Waals surface area contributed by atoms with E-state index in [1.807, 2.05) is 0 Å². The fourth-order valence-corrected chi connectivity index (χ4v) is 6.22. The van der Waals surface area contributed by atoms with Gasteiger partial charge in [0.05, 0.1) is 36.7 Å². The molecular weight excluding hydrogens is 666 g/mol. The predicted molar refractivity (Wildman–Crippen MR) is 173 cm³/mol. The number of aliphatic carboxylic acids is 1. The molecular formula is C32H35ClF2N8O6. The number of fused-ring (bicyclic) bond motifs is 1. The lowest BCUT2D eigenvalue weighted by Gasteiger charge is -2.38. The van der Waals surface area contributed by atoms with E-state index in [0.29, 0.717) is 39.3 Å². The van der Waals surface area contributed by atoms with Crippen LogP contribution < -0.4 is 10.1 Å². The first-order valence-corrected chi connectivity index (χ1v) is 16.2. The Morgan fingerprint density at radius 1 is 1.16 bits per heavy atom. The minimum Gasteiger partial charge on any atom is -0.481 e. The van der Waals surface area contributed by atoms with E-state index >= 15 is 0 Å². The van der Waals surface area contributed by atoms with Gasteiger partial charge in [-0.05, 0) is 50.5 Å². The van der Waals surface area contributed by atoms with Crippen molar-refractivity contribution in [3.8, 4) is 17.0 Å². The van der Waals surface area contributed by atoms with E-state index < -0.39 is 29.9 Å². The topological polar surface area (TPSA) is 156 Å². The predicted octanol–water partition coefficient (Wildman–Crippen LogP) is 4.08. The van der Waals surface area contributed by atoms with Crippen molar-refractivity contribution in [3.63, 3.8) is 0 Å². The Kier molecular flexibility index (Phi) is 10.1. The molecule has 49 heavy (non-hydrogen) atoms. The number of carboxylic acids is 1. The van der Waals surface area contributed by atoms with E-state index in [2.05, 4.69) is 20.3 Å². The van der Waals surface area contributed by atoms with Gasteiger partial charge in [-0.3, -0.25) is 24.0 Å². The molecule has 4 aromatic rings. The van der Waals surface area contributed by atoms with Crippen LogP contribution in [0.1, 0.15) is 42.6 Å². The van der Waals surface area contributed by atoms with Gasteiger partial charge in [0.15, 0.2) is 5.65 Å². The second-order valence-corrected chi connectivity index (χ2v) is 12.7. The number of benzene rings is 1. The number of rotatable bonds is 11. The van der Waals surface area contributed by atoms with Crippen molar-refractivity contribution in [3.05, 3.63) is 59.6 Å². The third kappa shape index (κ3) is 7.50. The molecule has 2 amide bonds. The van der Waals surface area contributed by atoms with Gasteiger partial charge in [0.2, 0.25) is 5.91 Å². The summed E-state index contributed by atoms with van der Waals surface area (Å²) in [5, 5.41) is 21.6. The molecule has 14 nitrogen and oxygen atoms in total. The number of aromatic nitrogens is 5. The largest absolute Gasteiger partial charge is 0.481 e. The summed E-state index contributed by atoms with van der Waals surface area (Å²) in [4.78, 5) is 47.8. The SMILES string of the molecule is CC1(C(=O)O)CCN(C(=O)C(CCN2CCOCC2)n2cc(NC(=O)c3cnn4cccnc34)c(-c3cc(Cl)ccc3OC(F)F)n2)CC1. The van der Waals surface area contributed by atoms with Crippen LogP contribution in [0, 0.1) is 5.41 Å². The van der Waals surface area contributed by atoms with Crippen LogP contribution >= 0.6 is 11.6 Å². The van der Waals surface area contributed by atoms with Gasteiger partial charge in [0, 0.05) is 55.7 Å². The Morgan fingerprint density at radius 3 is 2.63 bits per heavy atom. The van der Waals surface area contributed by atoms with Gasteiger partial charge in [-0.1, -0.05) is 11.6 Å². The lowest BCUT2D eigenvalue weighted by atomic mass is 9.80. The number of anilines is 1. The molecule has 0 bridgehead atoms. The number of alkyl halides is 2. The zero-order chi connectivity index (χ0) is 34.7. The summed E-state index contributed by atoms with van der Waals surface area (Å²) in [6, 6.07) is 4.82. The number of carbonyl (C=O) groups excluding carboxylic acids is 2. The molecule has 2 saturated heterocycles. The summed E-state index contributed by atoms with van der Waals surface area (Å²) in [7, 11) is 0. The third-order valence-electron chi connectivity index (χ3n) is 9.04. The van der Waals surface area contributed by atoms with Crippen LogP contribution in [-0.4, -0.2) is 110 Å². The normalized spacial score (nSPS) is 17.3. The van der Waals surface area contributed by atoms with E-state index in [4.69, 9.17) is 26.2 Å². The summed E-state index contributed by atoms with van der Waals surface area (Å²) in [5.41, 5.74) is -0.314. The molecule has 0 saturated carbocycles. The summed E-state index contributed by atoms with van der Waals surface area (Å²) in [6.45, 7) is 1.96. The van der Waals surface area contributed by atoms with Gasteiger partial charge in [0.25, 0.3) is 5.91 Å². The Labute approximate surface area is 284 Å². The molecule has 1 aromatic carbocycles. The zero-order valence-electron chi connectivity index (χ0n) is 26.6. The van der Waals surface area contributed by atoms with Gasteiger partial charge in [-0.2, -0.15) is 19.0 Å². The standard InChI is InChI=1S/C32H35ClF2N8O6/c1-32(30(46)47)6-11-41(12-7-32)29(45)24(5-10-40-13-15-48-16-14-40)43-19-23(38-28(44)22-18-37-42-9-2-8-36-27(22)42)26(39-43)21-17-20(33)3-4-25(21)49-31(34)35/h2-4,8-9,17-19,24,31H,5-7,10-16H2,1H3,(H,38,44)(H,46,47). The van der Waals surface area contributed by atoms with Crippen LogP contribution in [0.25, 0.3) is 16.9 Å². The highest BCUT2D eigenvalue weighted by Crippen LogP contribution is 2.39. The van der Waals surface area contributed by atoms with Gasteiger partial charge >= 0.3 is 12.6 Å². The van der Waals surface area contributed by atoms with E-state index in [1.165, 1.54) is 46.0 Å². The second kappa shape index (κ2) is 14.4. The molecule has 0 radical (unpaired) electrons. The summed E-state index contributed by atoms with van der Waals surface area (Å²) in [6.07, 6.45) is 6.85. The summed E-state index contributed by atoms with van der Waals surface area (Å²) in [5.74, 6) is -2.04. The van der Waals surface area contributed by atoms with Gasteiger partial charge in [0.1, 0.15) is 23.0 Å². The average Bonchev–Trinajstić information content (AvgIpc) is 3.71. The molecule has 0 spiro atoms. The molecule has 260 valence electrons. The molecule has 6 rings (SSSR count). The van der Waals surface area contributed by atoms with E-state index in [9.17, 15) is 28.3 Å². The van der Waals surface area contributed by atoms with Crippen molar-refractivity contribution >= 4 is 40.7 Å². The molecule has 5 heterocycles. The van der Waals surface area contributed by atoms with Crippen LogP contribution in [0.15, 0.2) is 49.1 Å². The lowest BCUT2D eigenvalue weighted by Crippen LogP contribution is -2.48. The molecule has 2 aliphatic heterocycles. The molecule has 3 aromatic heterocycles. The number of carboxylic acid groups (broad SMARTS) is 1. The molecule has 1 atom stereocenters. The van der Waals surface area contributed by atoms with Crippen molar-refractivity contribution in [2.24, 2.45) is 5.41 Å². The maximum atomic E-state index is 14.3. The first kappa shape index (κ1) is 34.2. The number of halogens is 3. The number of amides is 2. The number of morpholine rings is 1. The number of hydrogen-bond acceptors (Lipinski definition) is 9. The highest BCUT2D eigenvalue weighted by Gasteiger charge is 2.40. The Bertz CT molecular complexity index is 1840. The number of ether oxygens (including phenoxy) is 2. The highest BCUT2D eigenvalue weighted by atomic mass is 35.5. The maximum Gasteiger partial charge on any atom is 0.387 e. The maximum absolute atomic E-state index is 14.3. The Balaban J connectivity index is 1.39. The van der Waals surface area contributed by atoms with Crippen LogP contribution in [0.4, 0.5) is 14.5 Å². The minimum absolute atomic E-state index is 0.0391. The highest BCUT2D eigenvalue weighted by molar-refractivity contribution is 6.31. The van der Waals surface area contributed by atoms with Crippen molar-refractivity contribution < 1.29 is 37.7 Å². The zero-order valence-corrected chi connectivity index (χ0v) is 27.4. The number of nitrogens with one attached hydrogen (secondary N) is 1. The van der Waals surface area contributed by atoms with Crippen LogP contribution in [0.2, 0.25) is 5.02 Å². The third-order valence-corrected chi connectivity index (χ3v) is 9.27.